The van der Waals surface area contributed by atoms with Crippen LogP contribution in [0.3, 0.4) is 0 Å². The molecule has 140 valence electrons. The van der Waals surface area contributed by atoms with Crippen molar-refractivity contribution in [1.29, 1.82) is 0 Å². The van der Waals surface area contributed by atoms with Gasteiger partial charge in [-0.15, -0.1) is 0 Å². The third-order valence-corrected chi connectivity index (χ3v) is 4.88. The standard InChI is InChI=1S/C20H32N2O3/c1-18-16-22(9-5-12-24-18)17-19-6-2-3-7-20(19)25-13-4-8-21-10-14-23-15-11-21/h2-3,6-7,18H,4-5,8-17H2,1H3/t18-/m1/s1. The number of hydrogen-bond donors (Lipinski definition) is 0. The Morgan fingerprint density at radius 1 is 1.08 bits per heavy atom. The lowest BCUT2D eigenvalue weighted by molar-refractivity contribution is 0.0357. The van der Waals surface area contributed by atoms with Crippen molar-refractivity contribution in [3.8, 4) is 5.75 Å². The van der Waals surface area contributed by atoms with Crippen LogP contribution in [0.15, 0.2) is 24.3 Å². The van der Waals surface area contributed by atoms with E-state index in [0.29, 0.717) is 6.10 Å². The van der Waals surface area contributed by atoms with Crippen LogP contribution >= 0.6 is 0 Å². The normalized spacial score (nSPS) is 23.3. The molecule has 1 aromatic rings. The van der Waals surface area contributed by atoms with Gasteiger partial charge in [0.05, 0.1) is 25.9 Å². The first kappa shape index (κ1) is 18.6. The summed E-state index contributed by atoms with van der Waals surface area (Å²) >= 11 is 0. The largest absolute Gasteiger partial charge is 0.493 e. The van der Waals surface area contributed by atoms with Gasteiger partial charge in [-0.3, -0.25) is 9.80 Å². The van der Waals surface area contributed by atoms with Gasteiger partial charge in [-0.05, 0) is 25.8 Å². The van der Waals surface area contributed by atoms with Gasteiger partial charge >= 0.3 is 0 Å². The Morgan fingerprint density at radius 3 is 2.80 bits per heavy atom. The van der Waals surface area contributed by atoms with E-state index in [0.717, 1.165) is 84.3 Å². The van der Waals surface area contributed by atoms with Crippen LogP contribution in [0.4, 0.5) is 0 Å². The Hall–Kier alpha value is -1.14. The van der Waals surface area contributed by atoms with E-state index in [1.54, 1.807) is 0 Å². The lowest BCUT2D eigenvalue weighted by atomic mass is 10.1. The van der Waals surface area contributed by atoms with Crippen molar-refractivity contribution in [2.45, 2.75) is 32.4 Å². The molecule has 1 aromatic carbocycles. The Balaban J connectivity index is 1.46. The summed E-state index contributed by atoms with van der Waals surface area (Å²) in [7, 11) is 0. The molecule has 0 spiro atoms. The number of benzene rings is 1. The molecule has 0 N–H and O–H groups in total. The van der Waals surface area contributed by atoms with Crippen molar-refractivity contribution in [3.05, 3.63) is 29.8 Å². The minimum atomic E-state index is 0.309. The summed E-state index contributed by atoms with van der Waals surface area (Å²) in [6, 6.07) is 8.46. The Kier molecular flexibility index (Phi) is 7.55. The maximum Gasteiger partial charge on any atom is 0.123 e. The van der Waals surface area contributed by atoms with E-state index in [2.05, 4.69) is 41.0 Å². The molecule has 25 heavy (non-hydrogen) atoms. The topological polar surface area (TPSA) is 34.2 Å². The molecular weight excluding hydrogens is 316 g/mol. The van der Waals surface area contributed by atoms with Crippen molar-refractivity contribution >= 4 is 0 Å². The summed E-state index contributed by atoms with van der Waals surface area (Å²) in [4.78, 5) is 4.94. The van der Waals surface area contributed by atoms with Crippen LogP contribution in [0.5, 0.6) is 5.75 Å². The van der Waals surface area contributed by atoms with Gasteiger partial charge in [0.2, 0.25) is 0 Å². The van der Waals surface area contributed by atoms with Gasteiger partial charge < -0.3 is 14.2 Å². The molecule has 0 amide bonds. The fourth-order valence-corrected chi connectivity index (χ4v) is 3.54. The van der Waals surface area contributed by atoms with E-state index >= 15 is 0 Å². The van der Waals surface area contributed by atoms with Crippen LogP contribution in [0, 0.1) is 0 Å². The molecular formula is C20H32N2O3. The van der Waals surface area contributed by atoms with Gasteiger partial charge in [-0.1, -0.05) is 18.2 Å². The average molecular weight is 348 g/mol. The number of ether oxygens (including phenoxy) is 3. The highest BCUT2D eigenvalue weighted by Crippen LogP contribution is 2.21. The first-order chi connectivity index (χ1) is 12.3. The summed E-state index contributed by atoms with van der Waals surface area (Å²) in [6.07, 6.45) is 2.47. The lowest BCUT2D eigenvalue weighted by Crippen LogP contribution is -2.37. The summed E-state index contributed by atoms with van der Waals surface area (Å²) in [6.45, 7) is 11.7. The molecule has 2 aliphatic rings. The van der Waals surface area contributed by atoms with Gasteiger partial charge in [-0.2, -0.15) is 0 Å². The highest BCUT2D eigenvalue weighted by atomic mass is 16.5. The van der Waals surface area contributed by atoms with Crippen LogP contribution in [-0.2, 0) is 16.0 Å². The predicted octanol–water partition coefficient (Wildman–Crippen LogP) is 2.40. The van der Waals surface area contributed by atoms with Crippen molar-refractivity contribution in [3.63, 3.8) is 0 Å². The summed E-state index contributed by atoms with van der Waals surface area (Å²) < 4.78 is 17.3. The lowest BCUT2D eigenvalue weighted by Gasteiger charge is -2.26. The molecule has 1 atom stereocenters. The molecule has 0 aliphatic carbocycles. The first-order valence-electron chi connectivity index (χ1n) is 9.66. The second-order valence-corrected chi connectivity index (χ2v) is 7.03. The van der Waals surface area contributed by atoms with Crippen LogP contribution < -0.4 is 4.74 Å². The zero-order valence-corrected chi connectivity index (χ0v) is 15.5. The van der Waals surface area contributed by atoms with Gasteiger partial charge in [0.1, 0.15) is 5.75 Å². The van der Waals surface area contributed by atoms with Gasteiger partial charge in [0.15, 0.2) is 0 Å². The number of rotatable bonds is 7. The molecule has 0 unspecified atom stereocenters. The van der Waals surface area contributed by atoms with Crippen molar-refractivity contribution in [2.24, 2.45) is 0 Å². The van der Waals surface area contributed by atoms with Crippen molar-refractivity contribution in [2.75, 3.05) is 59.2 Å². The molecule has 0 aromatic heterocycles. The smallest absolute Gasteiger partial charge is 0.123 e. The second kappa shape index (κ2) is 10.1. The van der Waals surface area contributed by atoms with E-state index in [-0.39, 0.29) is 0 Å². The Morgan fingerprint density at radius 2 is 1.92 bits per heavy atom. The van der Waals surface area contributed by atoms with Gasteiger partial charge in [0.25, 0.3) is 0 Å². The predicted molar refractivity (Wildman–Crippen MR) is 99.1 cm³/mol. The molecule has 5 heteroatoms. The highest BCUT2D eigenvalue weighted by molar-refractivity contribution is 5.33. The summed E-state index contributed by atoms with van der Waals surface area (Å²) in [5.74, 6) is 1.03. The Labute approximate surface area is 151 Å². The monoisotopic (exact) mass is 348 g/mol. The number of para-hydroxylation sites is 1. The van der Waals surface area contributed by atoms with Crippen molar-refractivity contribution in [1.82, 2.24) is 9.80 Å². The van der Waals surface area contributed by atoms with E-state index in [9.17, 15) is 0 Å². The molecule has 5 nitrogen and oxygen atoms in total. The molecule has 2 aliphatic heterocycles. The number of morpholine rings is 1. The maximum absolute atomic E-state index is 6.11. The first-order valence-corrected chi connectivity index (χ1v) is 9.66. The highest BCUT2D eigenvalue weighted by Gasteiger charge is 2.16. The molecule has 0 saturated carbocycles. The van der Waals surface area contributed by atoms with Crippen LogP contribution in [0.2, 0.25) is 0 Å². The molecule has 2 saturated heterocycles. The van der Waals surface area contributed by atoms with E-state index in [1.165, 1.54) is 5.56 Å². The SMILES string of the molecule is C[C@@H]1CN(Cc2ccccc2OCCCN2CCOCC2)CCCO1. The van der Waals surface area contributed by atoms with Gasteiger partial charge in [0, 0.05) is 51.4 Å². The molecule has 0 radical (unpaired) electrons. The average Bonchev–Trinajstić information content (AvgIpc) is 2.85. The van der Waals surface area contributed by atoms with Gasteiger partial charge in [-0.25, -0.2) is 0 Å². The molecule has 3 rings (SSSR count). The minimum absolute atomic E-state index is 0.309. The third kappa shape index (κ3) is 6.26. The fourth-order valence-electron chi connectivity index (χ4n) is 3.54. The maximum atomic E-state index is 6.11. The molecule has 2 fully saturated rings. The van der Waals surface area contributed by atoms with E-state index in [4.69, 9.17) is 14.2 Å². The van der Waals surface area contributed by atoms with E-state index < -0.39 is 0 Å². The third-order valence-electron chi connectivity index (χ3n) is 4.88. The van der Waals surface area contributed by atoms with Crippen LogP contribution in [-0.4, -0.2) is 75.1 Å². The molecule has 0 bridgehead atoms. The molecule has 2 heterocycles. The second-order valence-electron chi connectivity index (χ2n) is 7.03. The number of nitrogens with zero attached hydrogens (tertiary/aromatic N) is 2. The zero-order chi connectivity index (χ0) is 17.3. The fraction of sp³-hybridized carbons (Fsp3) is 0.700. The zero-order valence-electron chi connectivity index (χ0n) is 15.5. The Bertz CT molecular complexity index is 505. The summed E-state index contributed by atoms with van der Waals surface area (Å²) in [5, 5.41) is 0. The van der Waals surface area contributed by atoms with Crippen LogP contribution in [0.1, 0.15) is 25.3 Å². The minimum Gasteiger partial charge on any atom is -0.493 e. The number of hydrogen-bond acceptors (Lipinski definition) is 5. The van der Waals surface area contributed by atoms with Crippen molar-refractivity contribution < 1.29 is 14.2 Å². The summed E-state index contributed by atoms with van der Waals surface area (Å²) in [5.41, 5.74) is 1.28. The van der Waals surface area contributed by atoms with E-state index in [1.807, 2.05) is 0 Å². The quantitative estimate of drug-likeness (QED) is 0.707. The van der Waals surface area contributed by atoms with Crippen LogP contribution in [0.25, 0.3) is 0 Å².